The van der Waals surface area contributed by atoms with Gasteiger partial charge in [-0.25, -0.2) is 0 Å². The molecule has 1 nitrogen and oxygen atoms in total. The molecule has 0 N–H and O–H groups in total. The van der Waals surface area contributed by atoms with Gasteiger partial charge in [0, 0.05) is 24.3 Å². The largest absolute Gasteiger partial charge is 0.372 e. The van der Waals surface area contributed by atoms with Crippen molar-refractivity contribution in [2.45, 2.75) is 194 Å². The molecule has 0 atom stereocenters. The van der Waals surface area contributed by atoms with Gasteiger partial charge < -0.3 is 4.90 Å². The van der Waals surface area contributed by atoms with Crippen LogP contribution in [0.4, 0.5) is 5.69 Å². The molecule has 0 radical (unpaired) electrons. The van der Waals surface area contributed by atoms with Crippen LogP contribution in [0.5, 0.6) is 0 Å². The number of hydrogen-bond donors (Lipinski definition) is 0. The molecular weight excluding hydrogens is 734 g/mol. The van der Waals surface area contributed by atoms with E-state index in [9.17, 15) is 0 Å². The molecule has 0 unspecified atom stereocenters. The molecule has 0 spiro atoms. The zero-order valence-corrected chi connectivity index (χ0v) is 35.2. The molecule has 2 rings (SSSR count). The number of thiophene rings is 1. The molecule has 0 saturated heterocycles. The fraction of sp³-hybridized carbons (Fsp3) is 0.727. The Bertz CT molecular complexity index is 1030. The summed E-state index contributed by atoms with van der Waals surface area (Å²) in [6.07, 6.45) is 39.7. The van der Waals surface area contributed by atoms with Crippen molar-refractivity contribution in [3.63, 3.8) is 0 Å². The third-order valence-electron chi connectivity index (χ3n) is 9.79. The van der Waals surface area contributed by atoms with Gasteiger partial charge in [-0.15, -0.1) is 11.3 Å². The first-order valence-corrected chi connectivity index (χ1v) is 22.9. The van der Waals surface area contributed by atoms with Crippen LogP contribution in [0.2, 0.25) is 0 Å². The minimum atomic E-state index is 1.05. The maximum absolute atomic E-state index is 3.63. The lowest BCUT2D eigenvalue weighted by molar-refractivity contribution is 0.529. The quantitative estimate of drug-likeness (QED) is 0.0542. The van der Waals surface area contributed by atoms with Crippen LogP contribution in [-0.2, 0) is 0 Å². The van der Waals surface area contributed by atoms with Crippen molar-refractivity contribution in [2.75, 3.05) is 18.0 Å². The van der Waals surface area contributed by atoms with Crippen LogP contribution >= 0.6 is 43.2 Å². The molecule has 0 aliphatic heterocycles. The van der Waals surface area contributed by atoms with Crippen LogP contribution in [0.15, 0.2) is 37.9 Å². The van der Waals surface area contributed by atoms with Gasteiger partial charge >= 0.3 is 0 Å². The molecule has 1 aromatic heterocycles. The molecule has 48 heavy (non-hydrogen) atoms. The lowest BCUT2D eigenvalue weighted by Crippen LogP contribution is -2.25. The Morgan fingerprint density at radius 2 is 0.833 bits per heavy atom. The van der Waals surface area contributed by atoms with Crippen molar-refractivity contribution < 1.29 is 0 Å². The third kappa shape index (κ3) is 22.9. The van der Waals surface area contributed by atoms with Crippen molar-refractivity contribution in [1.82, 2.24) is 0 Å². The van der Waals surface area contributed by atoms with Crippen LogP contribution in [0.1, 0.15) is 205 Å². The van der Waals surface area contributed by atoms with Gasteiger partial charge in [-0.2, -0.15) is 0 Å². The average Bonchev–Trinajstić information content (AvgIpc) is 3.42. The van der Waals surface area contributed by atoms with Gasteiger partial charge in [-0.3, -0.25) is 0 Å². The highest BCUT2D eigenvalue weighted by atomic mass is 79.9. The molecule has 272 valence electrons. The van der Waals surface area contributed by atoms with Crippen molar-refractivity contribution in [3.05, 3.63) is 49.0 Å². The minimum absolute atomic E-state index is 1.05. The molecule has 0 fully saturated rings. The second-order valence-electron chi connectivity index (χ2n) is 14.2. The molecule has 2 aromatic rings. The van der Waals surface area contributed by atoms with E-state index in [-0.39, 0.29) is 0 Å². The summed E-state index contributed by atoms with van der Waals surface area (Å²) in [5, 5.41) is 0. The molecule has 1 heterocycles. The topological polar surface area (TPSA) is 3.24 Å². The van der Waals surface area contributed by atoms with Crippen molar-refractivity contribution in [3.8, 4) is 11.8 Å². The Hall–Kier alpha value is -0.760. The van der Waals surface area contributed by atoms with Gasteiger partial charge in [0.05, 0.1) is 13.1 Å². The highest BCUT2D eigenvalue weighted by Gasteiger charge is 2.07. The first kappa shape index (κ1) is 43.4. The molecule has 0 bridgehead atoms. The van der Waals surface area contributed by atoms with E-state index in [0.29, 0.717) is 0 Å². The highest BCUT2D eigenvalue weighted by molar-refractivity contribution is 9.12. The standard InChI is InChI=1S/C44H71Br2NS/c1-3-5-7-9-11-13-15-17-19-21-23-25-27-29-37-47(38-30-28-26-24-22-20-18-16-14-12-10-8-6-4-2)42-35-32-40(33-36-42)31-34-41-39-43(45)48-44(41)46/h32-33,35-36,39H,3-30,37-38H2,1-2H3. The molecule has 4 heteroatoms. The first-order chi connectivity index (χ1) is 23.6. The number of anilines is 1. The number of rotatable bonds is 31. The van der Waals surface area contributed by atoms with Gasteiger partial charge in [-0.1, -0.05) is 193 Å². The van der Waals surface area contributed by atoms with E-state index in [1.807, 2.05) is 0 Å². The van der Waals surface area contributed by atoms with Crippen molar-refractivity contribution >= 4 is 48.9 Å². The van der Waals surface area contributed by atoms with Crippen LogP contribution < -0.4 is 4.90 Å². The van der Waals surface area contributed by atoms with E-state index in [1.54, 1.807) is 11.3 Å². The number of halogens is 2. The van der Waals surface area contributed by atoms with E-state index < -0.39 is 0 Å². The summed E-state index contributed by atoms with van der Waals surface area (Å²) in [6.45, 7) is 6.97. The number of benzene rings is 1. The fourth-order valence-corrected chi connectivity index (χ4v) is 9.36. The second kappa shape index (κ2) is 31.0. The summed E-state index contributed by atoms with van der Waals surface area (Å²) in [4.78, 5) is 2.66. The van der Waals surface area contributed by atoms with E-state index >= 15 is 0 Å². The third-order valence-corrected chi connectivity index (χ3v) is 12.1. The molecule has 0 aliphatic rings. The van der Waals surface area contributed by atoms with Crippen molar-refractivity contribution in [1.29, 1.82) is 0 Å². The lowest BCUT2D eigenvalue weighted by atomic mass is 10.0. The first-order valence-electron chi connectivity index (χ1n) is 20.5. The predicted octanol–water partition coefficient (Wildman–Crippen LogP) is 16.4. The fourth-order valence-electron chi connectivity index (χ4n) is 6.68. The van der Waals surface area contributed by atoms with Crippen molar-refractivity contribution in [2.24, 2.45) is 0 Å². The molecule has 0 amide bonds. The van der Waals surface area contributed by atoms with Crippen LogP contribution in [0.3, 0.4) is 0 Å². The van der Waals surface area contributed by atoms with Crippen LogP contribution in [0, 0.1) is 11.8 Å². The number of unbranched alkanes of at least 4 members (excludes halogenated alkanes) is 26. The number of hydrogen-bond acceptors (Lipinski definition) is 2. The van der Waals surface area contributed by atoms with Gasteiger partial charge in [0.25, 0.3) is 0 Å². The van der Waals surface area contributed by atoms with Gasteiger partial charge in [0.2, 0.25) is 0 Å². The predicted molar refractivity (Wildman–Crippen MR) is 225 cm³/mol. The average molecular weight is 806 g/mol. The summed E-state index contributed by atoms with van der Waals surface area (Å²) in [6, 6.07) is 11.1. The van der Waals surface area contributed by atoms with E-state index in [2.05, 4.69) is 92.8 Å². The normalized spacial score (nSPS) is 11.2. The lowest BCUT2D eigenvalue weighted by Gasteiger charge is -2.25. The zero-order valence-electron chi connectivity index (χ0n) is 31.2. The Kier molecular flexibility index (Phi) is 28.0. The minimum Gasteiger partial charge on any atom is -0.372 e. The van der Waals surface area contributed by atoms with Crippen LogP contribution in [0.25, 0.3) is 0 Å². The summed E-state index contributed by atoms with van der Waals surface area (Å²) in [5.41, 5.74) is 3.50. The molecule has 0 saturated carbocycles. The molecule has 1 aromatic carbocycles. The van der Waals surface area contributed by atoms with E-state index in [4.69, 9.17) is 0 Å². The maximum atomic E-state index is 3.63. The summed E-state index contributed by atoms with van der Waals surface area (Å²) >= 11 is 8.87. The zero-order chi connectivity index (χ0) is 34.3. The van der Waals surface area contributed by atoms with E-state index in [0.717, 1.165) is 18.7 Å². The summed E-state index contributed by atoms with van der Waals surface area (Å²) in [5.74, 6) is 6.70. The maximum Gasteiger partial charge on any atom is 0.0866 e. The number of nitrogens with zero attached hydrogens (tertiary/aromatic N) is 1. The Balaban J connectivity index is 1.67. The SMILES string of the molecule is CCCCCCCCCCCCCCCCN(CCCCCCCCCCCCCCCC)c1ccc(C#Cc2cc(Br)sc2Br)cc1. The molecule has 0 aliphatic carbocycles. The second-order valence-corrected chi connectivity index (χ2v) is 18.0. The highest BCUT2D eigenvalue weighted by Crippen LogP contribution is 2.31. The monoisotopic (exact) mass is 803 g/mol. The van der Waals surface area contributed by atoms with Crippen LogP contribution in [-0.4, -0.2) is 13.1 Å². The van der Waals surface area contributed by atoms with E-state index in [1.165, 1.54) is 199 Å². The smallest absolute Gasteiger partial charge is 0.0866 e. The van der Waals surface area contributed by atoms with Gasteiger partial charge in [-0.05, 0) is 75.0 Å². The summed E-state index contributed by atoms with van der Waals surface area (Å²) in [7, 11) is 0. The Morgan fingerprint density at radius 3 is 1.17 bits per heavy atom. The van der Waals surface area contributed by atoms with Gasteiger partial charge in [0.15, 0.2) is 0 Å². The summed E-state index contributed by atoms with van der Waals surface area (Å²) < 4.78 is 2.20. The Morgan fingerprint density at radius 1 is 0.479 bits per heavy atom. The molecular formula is C44H71Br2NS. The van der Waals surface area contributed by atoms with Gasteiger partial charge in [0.1, 0.15) is 0 Å². The Labute approximate surface area is 319 Å².